The largest absolute Gasteiger partial charge is 0.466 e. The monoisotopic (exact) mass is 223 g/mol. The maximum absolute atomic E-state index is 5.50. The fourth-order valence-corrected chi connectivity index (χ4v) is 2.01. The molecule has 1 atom stereocenters. The Morgan fingerprint density at radius 2 is 2.27 bits per heavy atom. The molecule has 0 aromatic carbocycles. The van der Waals surface area contributed by atoms with Gasteiger partial charge in [-0.1, -0.05) is 0 Å². The zero-order chi connectivity index (χ0) is 11.0. The van der Waals surface area contributed by atoms with E-state index >= 15 is 0 Å². The van der Waals surface area contributed by atoms with Crippen molar-refractivity contribution in [3.8, 4) is 0 Å². The lowest BCUT2D eigenvalue weighted by Crippen LogP contribution is -2.05. The topological polar surface area (TPSA) is 46.8 Å². The molecule has 0 radical (unpaired) electrons. The molecule has 1 unspecified atom stereocenters. The summed E-state index contributed by atoms with van der Waals surface area (Å²) >= 11 is 5.13. The van der Waals surface area contributed by atoms with Gasteiger partial charge in [-0.15, -0.1) is 0 Å². The molecule has 5 heteroatoms. The Hall–Kier alpha value is -1.36. The molecule has 0 amide bonds. The Morgan fingerprint density at radius 1 is 1.53 bits per heavy atom. The first-order valence-electron chi connectivity index (χ1n) is 4.78. The molecule has 2 heterocycles. The van der Waals surface area contributed by atoms with E-state index in [0.717, 1.165) is 17.1 Å². The van der Waals surface area contributed by atoms with Gasteiger partial charge in [0.15, 0.2) is 4.77 Å². The third kappa shape index (κ3) is 1.74. The lowest BCUT2D eigenvalue weighted by Gasteiger charge is -2.10. The highest BCUT2D eigenvalue weighted by atomic mass is 32.1. The molecule has 0 aliphatic carbocycles. The van der Waals surface area contributed by atoms with E-state index in [0.29, 0.717) is 4.77 Å². The van der Waals surface area contributed by atoms with Crippen molar-refractivity contribution in [3.63, 3.8) is 0 Å². The van der Waals surface area contributed by atoms with Crippen LogP contribution in [-0.2, 0) is 0 Å². The lowest BCUT2D eigenvalue weighted by molar-refractivity contribution is 0.493. The normalized spacial score (nSPS) is 13.0. The van der Waals surface area contributed by atoms with Crippen LogP contribution in [0.3, 0.4) is 0 Å². The van der Waals surface area contributed by atoms with Gasteiger partial charge in [0.1, 0.15) is 17.8 Å². The van der Waals surface area contributed by atoms with Crippen molar-refractivity contribution < 1.29 is 4.42 Å². The molecular formula is C10H13N3OS. The van der Waals surface area contributed by atoms with E-state index in [-0.39, 0.29) is 6.04 Å². The van der Waals surface area contributed by atoms with Crippen LogP contribution in [0.2, 0.25) is 0 Å². The first-order chi connectivity index (χ1) is 7.09. The highest BCUT2D eigenvalue weighted by Gasteiger charge is 2.14. The molecule has 0 bridgehead atoms. The summed E-state index contributed by atoms with van der Waals surface area (Å²) in [7, 11) is 0. The van der Waals surface area contributed by atoms with Gasteiger partial charge in [-0.25, -0.2) is 0 Å². The first-order valence-corrected chi connectivity index (χ1v) is 5.19. The molecule has 15 heavy (non-hydrogen) atoms. The van der Waals surface area contributed by atoms with Crippen LogP contribution in [0, 0.1) is 18.6 Å². The summed E-state index contributed by atoms with van der Waals surface area (Å²) in [6, 6.07) is 2.18. The zero-order valence-electron chi connectivity index (χ0n) is 8.94. The van der Waals surface area contributed by atoms with E-state index in [1.54, 1.807) is 6.33 Å². The minimum Gasteiger partial charge on any atom is -0.466 e. The maximum Gasteiger partial charge on any atom is 0.195 e. The van der Waals surface area contributed by atoms with Crippen LogP contribution in [0.1, 0.15) is 30.0 Å². The summed E-state index contributed by atoms with van der Waals surface area (Å²) in [6.07, 6.45) is 1.70. The second-order valence-corrected chi connectivity index (χ2v) is 4.00. The SMILES string of the molecule is Cc1cc(C(C)n2cn[nH]c2=S)c(C)o1. The van der Waals surface area contributed by atoms with E-state index in [1.165, 1.54) is 0 Å². The summed E-state index contributed by atoms with van der Waals surface area (Å²) in [5.41, 5.74) is 1.14. The van der Waals surface area contributed by atoms with Crippen molar-refractivity contribution in [2.24, 2.45) is 0 Å². The molecule has 0 spiro atoms. The third-order valence-corrected chi connectivity index (χ3v) is 2.83. The van der Waals surface area contributed by atoms with Gasteiger partial charge in [-0.05, 0) is 39.1 Å². The van der Waals surface area contributed by atoms with Crippen LogP contribution in [-0.4, -0.2) is 14.8 Å². The Morgan fingerprint density at radius 3 is 2.73 bits per heavy atom. The molecule has 2 aromatic heterocycles. The molecule has 1 N–H and O–H groups in total. The number of nitrogens with zero attached hydrogens (tertiary/aromatic N) is 2. The number of aromatic nitrogens is 3. The van der Waals surface area contributed by atoms with E-state index in [1.807, 2.05) is 24.5 Å². The lowest BCUT2D eigenvalue weighted by atomic mass is 10.1. The molecule has 0 saturated carbocycles. The number of aromatic amines is 1. The van der Waals surface area contributed by atoms with Crippen LogP contribution in [0.4, 0.5) is 0 Å². The first kappa shape index (κ1) is 10.2. The van der Waals surface area contributed by atoms with Crippen molar-refractivity contribution in [1.82, 2.24) is 14.8 Å². The molecule has 2 rings (SSSR count). The number of rotatable bonds is 2. The number of H-pyrrole nitrogens is 1. The fraction of sp³-hybridized carbons (Fsp3) is 0.400. The van der Waals surface area contributed by atoms with Crippen molar-refractivity contribution in [3.05, 3.63) is 34.2 Å². The Bertz CT molecular complexity index is 523. The van der Waals surface area contributed by atoms with Crippen molar-refractivity contribution in [2.75, 3.05) is 0 Å². The fourth-order valence-electron chi connectivity index (χ4n) is 1.75. The molecule has 0 fully saturated rings. The standard InChI is InChI=1S/C10H13N3OS/c1-6-4-9(8(3)14-6)7(2)13-5-11-12-10(13)15/h4-5,7H,1-3H3,(H,12,15). The molecule has 0 aliphatic rings. The summed E-state index contributed by atoms with van der Waals surface area (Å²) in [5.74, 6) is 1.85. The second-order valence-electron chi connectivity index (χ2n) is 3.61. The van der Waals surface area contributed by atoms with Crippen LogP contribution in [0.25, 0.3) is 0 Å². The Kier molecular flexibility index (Phi) is 2.48. The summed E-state index contributed by atoms with van der Waals surface area (Å²) in [4.78, 5) is 0. The predicted molar refractivity (Wildman–Crippen MR) is 59.4 cm³/mol. The maximum atomic E-state index is 5.50. The minimum atomic E-state index is 0.147. The molecule has 80 valence electrons. The minimum absolute atomic E-state index is 0.147. The van der Waals surface area contributed by atoms with Crippen LogP contribution < -0.4 is 0 Å². The van der Waals surface area contributed by atoms with E-state index in [2.05, 4.69) is 17.1 Å². The Labute approximate surface area is 92.9 Å². The second kappa shape index (κ2) is 3.66. The quantitative estimate of drug-likeness (QED) is 0.796. The van der Waals surface area contributed by atoms with E-state index < -0.39 is 0 Å². The molecule has 0 aliphatic heterocycles. The van der Waals surface area contributed by atoms with Crippen molar-refractivity contribution in [1.29, 1.82) is 0 Å². The number of furan rings is 1. The van der Waals surface area contributed by atoms with Gasteiger partial charge in [-0.2, -0.15) is 5.10 Å². The van der Waals surface area contributed by atoms with Crippen molar-refractivity contribution >= 4 is 12.2 Å². The molecule has 4 nitrogen and oxygen atoms in total. The van der Waals surface area contributed by atoms with Gasteiger partial charge in [-0.3, -0.25) is 9.67 Å². The van der Waals surface area contributed by atoms with Gasteiger partial charge in [0.05, 0.1) is 6.04 Å². The van der Waals surface area contributed by atoms with Gasteiger partial charge >= 0.3 is 0 Å². The van der Waals surface area contributed by atoms with Crippen LogP contribution in [0.5, 0.6) is 0 Å². The van der Waals surface area contributed by atoms with E-state index in [9.17, 15) is 0 Å². The van der Waals surface area contributed by atoms with Gasteiger partial charge in [0, 0.05) is 5.56 Å². The Balaban J connectivity index is 2.45. The number of hydrogen-bond acceptors (Lipinski definition) is 3. The van der Waals surface area contributed by atoms with Gasteiger partial charge < -0.3 is 4.42 Å². The van der Waals surface area contributed by atoms with E-state index in [4.69, 9.17) is 16.6 Å². The third-order valence-electron chi connectivity index (χ3n) is 2.52. The average molecular weight is 223 g/mol. The highest BCUT2D eigenvalue weighted by molar-refractivity contribution is 7.71. The number of nitrogens with one attached hydrogen (secondary N) is 1. The highest BCUT2D eigenvalue weighted by Crippen LogP contribution is 2.24. The van der Waals surface area contributed by atoms with Crippen LogP contribution in [0.15, 0.2) is 16.8 Å². The number of hydrogen-bond donors (Lipinski definition) is 1. The summed E-state index contributed by atoms with van der Waals surface area (Å²) in [6.45, 7) is 5.98. The zero-order valence-corrected chi connectivity index (χ0v) is 9.76. The average Bonchev–Trinajstić information content (AvgIpc) is 2.71. The smallest absolute Gasteiger partial charge is 0.195 e. The summed E-state index contributed by atoms with van der Waals surface area (Å²) < 4.78 is 8.03. The van der Waals surface area contributed by atoms with Crippen molar-refractivity contribution in [2.45, 2.75) is 26.8 Å². The molecule has 2 aromatic rings. The molecule has 0 saturated heterocycles. The van der Waals surface area contributed by atoms with Gasteiger partial charge in [0.25, 0.3) is 0 Å². The number of aryl methyl sites for hydroxylation is 2. The molecular weight excluding hydrogens is 210 g/mol. The summed E-state index contributed by atoms with van der Waals surface area (Å²) in [5, 5.41) is 6.65. The van der Waals surface area contributed by atoms with Gasteiger partial charge in [0.2, 0.25) is 0 Å². The predicted octanol–water partition coefficient (Wildman–Crippen LogP) is 2.76. The van der Waals surface area contributed by atoms with Crippen LogP contribution >= 0.6 is 12.2 Å².